The normalized spacial score (nSPS) is 15.3. The Morgan fingerprint density at radius 3 is 2.50 bits per heavy atom. The fraction of sp³-hybridized carbons (Fsp3) is 0.438. The molecule has 0 spiro atoms. The Hall–Kier alpha value is -1.25. The summed E-state index contributed by atoms with van der Waals surface area (Å²) in [6.07, 6.45) is 8.81. The van der Waals surface area contributed by atoms with E-state index in [1.54, 1.807) is 0 Å². The van der Waals surface area contributed by atoms with Crippen LogP contribution in [-0.4, -0.2) is 43.5 Å². The Morgan fingerprint density at radius 1 is 1.11 bits per heavy atom. The van der Waals surface area contributed by atoms with Crippen LogP contribution in [0.5, 0.6) is 0 Å². The van der Waals surface area contributed by atoms with Gasteiger partial charge < -0.3 is 9.80 Å². The molecule has 0 aromatic heterocycles. The lowest BCUT2D eigenvalue weighted by Crippen LogP contribution is -2.32. The third kappa shape index (κ3) is 4.21. The van der Waals surface area contributed by atoms with Gasteiger partial charge in [0.15, 0.2) is 0 Å². The van der Waals surface area contributed by atoms with Crippen LogP contribution in [0.1, 0.15) is 5.56 Å². The van der Waals surface area contributed by atoms with E-state index in [0.717, 1.165) is 26.2 Å². The maximum absolute atomic E-state index is 2.41. The Morgan fingerprint density at radius 2 is 1.83 bits per heavy atom. The third-order valence-corrected chi connectivity index (χ3v) is 3.40. The van der Waals surface area contributed by atoms with Crippen molar-refractivity contribution in [3.8, 4) is 0 Å². The van der Waals surface area contributed by atoms with Crippen LogP contribution in [0.3, 0.4) is 0 Å². The van der Waals surface area contributed by atoms with E-state index >= 15 is 0 Å². The van der Waals surface area contributed by atoms with Crippen LogP contribution in [0, 0.1) is 5.92 Å². The molecule has 0 saturated carbocycles. The topological polar surface area (TPSA) is 6.48 Å². The molecule has 1 aliphatic carbocycles. The fourth-order valence-electron chi connectivity index (χ4n) is 2.30. The Kier molecular flexibility index (Phi) is 4.85. The summed E-state index contributed by atoms with van der Waals surface area (Å²) in [5.41, 5.74) is 1.40. The molecule has 18 heavy (non-hydrogen) atoms. The van der Waals surface area contributed by atoms with E-state index in [2.05, 4.69) is 72.5 Å². The SMILES string of the molecule is CN(CCN(C)CC1C=CC=C1)Cc1cc[cH-]c1. The molecular formula is C16H23N2-. The van der Waals surface area contributed by atoms with Crippen molar-refractivity contribution < 1.29 is 0 Å². The van der Waals surface area contributed by atoms with Crippen LogP contribution in [-0.2, 0) is 6.54 Å². The highest BCUT2D eigenvalue weighted by molar-refractivity contribution is 5.18. The van der Waals surface area contributed by atoms with Gasteiger partial charge in [-0.05, 0) is 20.6 Å². The molecule has 0 aliphatic heterocycles. The number of allylic oxidation sites excluding steroid dienone is 2. The van der Waals surface area contributed by atoms with Gasteiger partial charge in [0.2, 0.25) is 0 Å². The number of nitrogens with zero attached hydrogens (tertiary/aromatic N) is 2. The van der Waals surface area contributed by atoms with E-state index < -0.39 is 0 Å². The number of likely N-dealkylation sites (N-methyl/N-ethyl adjacent to an activating group) is 2. The lowest BCUT2D eigenvalue weighted by atomic mass is 10.1. The summed E-state index contributed by atoms with van der Waals surface area (Å²) >= 11 is 0. The van der Waals surface area contributed by atoms with Gasteiger partial charge >= 0.3 is 0 Å². The first-order valence-corrected chi connectivity index (χ1v) is 6.67. The summed E-state index contributed by atoms with van der Waals surface area (Å²) in [5.74, 6) is 0.607. The van der Waals surface area contributed by atoms with Crippen molar-refractivity contribution in [2.75, 3.05) is 33.7 Å². The van der Waals surface area contributed by atoms with Crippen LogP contribution in [0.15, 0.2) is 48.6 Å². The quantitative estimate of drug-likeness (QED) is 0.679. The van der Waals surface area contributed by atoms with Crippen molar-refractivity contribution in [1.29, 1.82) is 0 Å². The van der Waals surface area contributed by atoms with Gasteiger partial charge in [-0.25, -0.2) is 6.07 Å². The van der Waals surface area contributed by atoms with E-state index in [-0.39, 0.29) is 0 Å². The monoisotopic (exact) mass is 243 g/mol. The van der Waals surface area contributed by atoms with Gasteiger partial charge in [-0.1, -0.05) is 24.3 Å². The summed E-state index contributed by atoms with van der Waals surface area (Å²) in [5, 5.41) is 0. The third-order valence-electron chi connectivity index (χ3n) is 3.40. The second-order valence-electron chi connectivity index (χ2n) is 5.23. The van der Waals surface area contributed by atoms with E-state index in [9.17, 15) is 0 Å². The van der Waals surface area contributed by atoms with Gasteiger partial charge in [0.05, 0.1) is 0 Å². The maximum Gasteiger partial charge on any atom is 0.0106 e. The molecule has 0 amide bonds. The molecule has 0 fully saturated rings. The second kappa shape index (κ2) is 6.62. The smallest absolute Gasteiger partial charge is 0.0106 e. The van der Waals surface area contributed by atoms with Crippen LogP contribution in [0.2, 0.25) is 0 Å². The Labute approximate surface area is 111 Å². The van der Waals surface area contributed by atoms with Crippen molar-refractivity contribution >= 4 is 0 Å². The highest BCUT2D eigenvalue weighted by Crippen LogP contribution is 2.10. The van der Waals surface area contributed by atoms with Crippen LogP contribution < -0.4 is 0 Å². The zero-order chi connectivity index (χ0) is 12.8. The predicted molar refractivity (Wildman–Crippen MR) is 77.6 cm³/mol. The molecule has 0 heterocycles. The Balaban J connectivity index is 1.64. The van der Waals surface area contributed by atoms with E-state index in [4.69, 9.17) is 0 Å². The second-order valence-corrected chi connectivity index (χ2v) is 5.23. The van der Waals surface area contributed by atoms with Crippen molar-refractivity contribution in [3.63, 3.8) is 0 Å². The molecule has 0 unspecified atom stereocenters. The van der Waals surface area contributed by atoms with Crippen molar-refractivity contribution in [2.45, 2.75) is 6.54 Å². The van der Waals surface area contributed by atoms with Gasteiger partial charge in [-0.15, -0.1) is 0 Å². The van der Waals surface area contributed by atoms with Crippen molar-refractivity contribution in [3.05, 3.63) is 54.1 Å². The van der Waals surface area contributed by atoms with Gasteiger partial charge in [0.1, 0.15) is 0 Å². The highest BCUT2D eigenvalue weighted by Gasteiger charge is 2.08. The largest absolute Gasteiger partial charge is 0.313 e. The first-order chi connectivity index (χ1) is 8.74. The maximum atomic E-state index is 2.41. The van der Waals surface area contributed by atoms with Crippen molar-refractivity contribution in [2.24, 2.45) is 5.92 Å². The molecule has 1 aromatic carbocycles. The van der Waals surface area contributed by atoms with Gasteiger partial charge in [0.25, 0.3) is 0 Å². The number of rotatable bonds is 7. The van der Waals surface area contributed by atoms with Crippen LogP contribution in [0.25, 0.3) is 0 Å². The lowest BCUT2D eigenvalue weighted by molar-refractivity contribution is 0.246. The minimum Gasteiger partial charge on any atom is -0.313 e. The molecule has 1 aliphatic rings. The number of hydrogen-bond donors (Lipinski definition) is 0. The molecule has 0 saturated heterocycles. The zero-order valence-electron chi connectivity index (χ0n) is 11.4. The van der Waals surface area contributed by atoms with Gasteiger partial charge in [-0.2, -0.15) is 23.8 Å². The summed E-state index contributed by atoms with van der Waals surface area (Å²) in [6.45, 7) is 4.40. The summed E-state index contributed by atoms with van der Waals surface area (Å²) < 4.78 is 0. The molecule has 98 valence electrons. The molecule has 0 N–H and O–H groups in total. The first kappa shape index (κ1) is 13.2. The molecule has 2 nitrogen and oxygen atoms in total. The molecular weight excluding hydrogens is 220 g/mol. The molecule has 0 radical (unpaired) electrons. The van der Waals surface area contributed by atoms with Crippen LogP contribution >= 0.6 is 0 Å². The van der Waals surface area contributed by atoms with Crippen molar-refractivity contribution in [1.82, 2.24) is 9.80 Å². The molecule has 2 rings (SSSR count). The predicted octanol–water partition coefficient (Wildman–Crippen LogP) is 2.51. The fourth-order valence-corrected chi connectivity index (χ4v) is 2.30. The minimum absolute atomic E-state index is 0.607. The summed E-state index contributed by atoms with van der Waals surface area (Å²) in [6, 6.07) is 8.59. The minimum atomic E-state index is 0.607. The van der Waals surface area contributed by atoms with Gasteiger partial charge in [0, 0.05) is 25.6 Å². The average molecular weight is 243 g/mol. The van der Waals surface area contributed by atoms with Crippen LogP contribution in [0.4, 0.5) is 0 Å². The zero-order valence-corrected chi connectivity index (χ0v) is 11.4. The molecule has 2 heteroatoms. The molecule has 1 aromatic rings. The molecule has 0 atom stereocenters. The summed E-state index contributed by atoms with van der Waals surface area (Å²) in [7, 11) is 4.40. The molecule has 0 bridgehead atoms. The summed E-state index contributed by atoms with van der Waals surface area (Å²) in [4.78, 5) is 4.79. The number of hydrogen-bond acceptors (Lipinski definition) is 2. The van der Waals surface area contributed by atoms with Gasteiger partial charge in [-0.3, -0.25) is 0 Å². The average Bonchev–Trinajstić information content (AvgIpc) is 2.99. The van der Waals surface area contributed by atoms with E-state index in [1.807, 2.05) is 0 Å². The Bertz CT molecular complexity index is 377. The highest BCUT2D eigenvalue weighted by atomic mass is 15.2. The first-order valence-electron chi connectivity index (χ1n) is 6.67. The standard InChI is InChI=1S/C16H23N2/c1-17(13-15-7-3-4-8-15)11-12-18(2)14-16-9-5-6-10-16/h3-10,15H,11-14H2,1-2H3/q-1. The van der Waals surface area contributed by atoms with E-state index in [1.165, 1.54) is 5.56 Å². The lowest BCUT2D eigenvalue weighted by Gasteiger charge is -2.24. The van der Waals surface area contributed by atoms with E-state index in [0.29, 0.717) is 5.92 Å².